The molecule has 0 saturated carbocycles. The number of rotatable bonds is 3. The topological polar surface area (TPSA) is 57.8 Å². The Morgan fingerprint density at radius 2 is 2.55 bits per heavy atom. The predicted molar refractivity (Wildman–Crippen MR) is 39.3 cm³/mol. The van der Waals surface area contributed by atoms with Crippen LogP contribution in [0, 0.1) is 0 Å². The van der Waals surface area contributed by atoms with Crippen molar-refractivity contribution in [3.05, 3.63) is 22.6 Å². The second kappa shape index (κ2) is 3.70. The summed E-state index contributed by atoms with van der Waals surface area (Å²) in [5.74, 6) is 0. The molecule has 1 rings (SSSR count). The van der Waals surface area contributed by atoms with Gasteiger partial charge in [0.1, 0.15) is 6.67 Å². The second-order valence-electron chi connectivity index (χ2n) is 1.95. The van der Waals surface area contributed by atoms with Gasteiger partial charge >= 0.3 is 0 Å². The minimum Gasteiger partial charge on any atom is -0.381 e. The van der Waals surface area contributed by atoms with E-state index in [-0.39, 0.29) is 12.1 Å². The zero-order valence-electron chi connectivity index (χ0n) is 5.80. The Hall–Kier alpha value is -1.39. The first-order valence-corrected chi connectivity index (χ1v) is 3.17. The standard InChI is InChI=1S/C6H8FN3O/c7-1-2-8-5-3-6(11)10-9-4-5/h3-4H,1-2H2,(H2,8,10,11). The van der Waals surface area contributed by atoms with E-state index < -0.39 is 6.67 Å². The average Bonchev–Trinajstić information content (AvgIpc) is 2.01. The van der Waals surface area contributed by atoms with Crippen LogP contribution in [-0.2, 0) is 0 Å². The quantitative estimate of drug-likeness (QED) is 0.656. The maximum Gasteiger partial charge on any atom is 0.266 e. The molecule has 0 atom stereocenters. The van der Waals surface area contributed by atoms with E-state index in [4.69, 9.17) is 0 Å². The number of aromatic amines is 1. The molecule has 0 saturated heterocycles. The summed E-state index contributed by atoms with van der Waals surface area (Å²) in [6.45, 7) is -0.266. The zero-order chi connectivity index (χ0) is 8.10. The van der Waals surface area contributed by atoms with Gasteiger partial charge in [0.2, 0.25) is 0 Å². The fraction of sp³-hybridized carbons (Fsp3) is 0.333. The molecule has 0 aliphatic rings. The summed E-state index contributed by atoms with van der Waals surface area (Å²) in [5.41, 5.74) is 0.236. The van der Waals surface area contributed by atoms with Gasteiger partial charge in [0, 0.05) is 12.6 Å². The maximum absolute atomic E-state index is 11.6. The van der Waals surface area contributed by atoms with Crippen molar-refractivity contribution in [1.29, 1.82) is 0 Å². The Morgan fingerprint density at radius 3 is 3.18 bits per heavy atom. The molecular formula is C6H8FN3O. The molecular weight excluding hydrogens is 149 g/mol. The summed E-state index contributed by atoms with van der Waals surface area (Å²) < 4.78 is 11.6. The van der Waals surface area contributed by atoms with Crippen LogP contribution in [0.5, 0.6) is 0 Å². The van der Waals surface area contributed by atoms with E-state index in [9.17, 15) is 9.18 Å². The number of hydrogen-bond acceptors (Lipinski definition) is 3. The highest BCUT2D eigenvalue weighted by atomic mass is 19.1. The monoisotopic (exact) mass is 157 g/mol. The van der Waals surface area contributed by atoms with Crippen LogP contribution in [0.1, 0.15) is 0 Å². The second-order valence-corrected chi connectivity index (χ2v) is 1.95. The molecule has 0 aliphatic carbocycles. The van der Waals surface area contributed by atoms with E-state index in [1.54, 1.807) is 0 Å². The van der Waals surface area contributed by atoms with Crippen LogP contribution in [-0.4, -0.2) is 23.4 Å². The summed E-state index contributed by atoms with van der Waals surface area (Å²) in [4.78, 5) is 10.6. The highest BCUT2D eigenvalue weighted by Crippen LogP contribution is 1.96. The van der Waals surface area contributed by atoms with E-state index in [0.717, 1.165) is 0 Å². The number of nitrogens with one attached hydrogen (secondary N) is 2. The van der Waals surface area contributed by atoms with Gasteiger partial charge in [-0.1, -0.05) is 0 Å². The van der Waals surface area contributed by atoms with E-state index in [1.807, 2.05) is 0 Å². The summed E-state index contributed by atoms with van der Waals surface area (Å²) in [6.07, 6.45) is 1.43. The molecule has 0 unspecified atom stereocenters. The van der Waals surface area contributed by atoms with Crippen molar-refractivity contribution in [1.82, 2.24) is 10.2 Å². The molecule has 1 aromatic rings. The number of hydrogen-bond donors (Lipinski definition) is 2. The third-order valence-electron chi connectivity index (χ3n) is 1.09. The molecule has 0 amide bonds. The van der Waals surface area contributed by atoms with Crippen LogP contribution in [0.15, 0.2) is 17.1 Å². The molecule has 0 fully saturated rings. The zero-order valence-corrected chi connectivity index (χ0v) is 5.80. The Morgan fingerprint density at radius 1 is 1.73 bits per heavy atom. The van der Waals surface area contributed by atoms with Crippen LogP contribution >= 0.6 is 0 Å². The number of alkyl halides is 1. The van der Waals surface area contributed by atoms with Gasteiger partial charge in [-0.2, -0.15) is 5.10 Å². The van der Waals surface area contributed by atoms with E-state index in [0.29, 0.717) is 5.69 Å². The van der Waals surface area contributed by atoms with Crippen molar-refractivity contribution in [2.24, 2.45) is 0 Å². The molecule has 1 aromatic heterocycles. The molecule has 5 heteroatoms. The van der Waals surface area contributed by atoms with Crippen molar-refractivity contribution < 1.29 is 4.39 Å². The first kappa shape index (κ1) is 7.71. The van der Waals surface area contributed by atoms with Crippen LogP contribution in [0.4, 0.5) is 10.1 Å². The minimum absolute atomic E-state index is 0.200. The Kier molecular flexibility index (Phi) is 2.59. The summed E-state index contributed by atoms with van der Waals surface area (Å²) in [5, 5.41) is 8.40. The highest BCUT2D eigenvalue weighted by molar-refractivity contribution is 5.38. The van der Waals surface area contributed by atoms with Gasteiger partial charge in [-0.3, -0.25) is 4.79 Å². The van der Waals surface area contributed by atoms with Crippen LogP contribution in [0.2, 0.25) is 0 Å². The Labute approximate surface area is 62.4 Å². The van der Waals surface area contributed by atoms with Crippen molar-refractivity contribution in [3.63, 3.8) is 0 Å². The maximum atomic E-state index is 11.6. The molecule has 2 N–H and O–H groups in total. The lowest BCUT2D eigenvalue weighted by Crippen LogP contribution is -2.10. The van der Waals surface area contributed by atoms with Gasteiger partial charge in [-0.15, -0.1) is 0 Å². The number of aromatic nitrogens is 2. The molecule has 11 heavy (non-hydrogen) atoms. The lowest BCUT2D eigenvalue weighted by atomic mass is 10.4. The first-order chi connectivity index (χ1) is 5.33. The molecule has 4 nitrogen and oxygen atoms in total. The lowest BCUT2D eigenvalue weighted by molar-refractivity contribution is 0.512. The third kappa shape index (κ3) is 2.37. The number of anilines is 1. The van der Waals surface area contributed by atoms with Crippen molar-refractivity contribution in [3.8, 4) is 0 Å². The molecule has 0 radical (unpaired) electrons. The van der Waals surface area contributed by atoms with Gasteiger partial charge in [-0.25, -0.2) is 9.49 Å². The van der Waals surface area contributed by atoms with Crippen LogP contribution < -0.4 is 10.9 Å². The average molecular weight is 157 g/mol. The van der Waals surface area contributed by atoms with Crippen molar-refractivity contribution in [2.45, 2.75) is 0 Å². The third-order valence-corrected chi connectivity index (χ3v) is 1.09. The summed E-state index contributed by atoms with van der Waals surface area (Å²) in [7, 11) is 0. The molecule has 0 aliphatic heterocycles. The minimum atomic E-state index is -0.465. The fourth-order valence-corrected chi connectivity index (χ4v) is 0.664. The smallest absolute Gasteiger partial charge is 0.266 e. The Balaban J connectivity index is 2.64. The molecule has 0 aromatic carbocycles. The van der Waals surface area contributed by atoms with Gasteiger partial charge in [0.05, 0.1) is 11.9 Å². The summed E-state index contributed by atoms with van der Waals surface area (Å²) in [6, 6.07) is 1.32. The van der Waals surface area contributed by atoms with E-state index in [2.05, 4.69) is 15.5 Å². The predicted octanol–water partition coefficient (Wildman–Crippen LogP) is 0.151. The van der Waals surface area contributed by atoms with Gasteiger partial charge < -0.3 is 5.32 Å². The van der Waals surface area contributed by atoms with Crippen LogP contribution in [0.25, 0.3) is 0 Å². The number of halogens is 1. The first-order valence-electron chi connectivity index (χ1n) is 3.17. The molecule has 1 heterocycles. The van der Waals surface area contributed by atoms with Crippen LogP contribution in [0.3, 0.4) is 0 Å². The van der Waals surface area contributed by atoms with Crippen molar-refractivity contribution in [2.75, 3.05) is 18.5 Å². The SMILES string of the molecule is O=c1cc(NCCF)cn[nH]1. The molecule has 60 valence electrons. The van der Waals surface area contributed by atoms with Gasteiger partial charge in [0.25, 0.3) is 5.56 Å². The van der Waals surface area contributed by atoms with Gasteiger partial charge in [-0.05, 0) is 0 Å². The van der Waals surface area contributed by atoms with Crippen molar-refractivity contribution >= 4 is 5.69 Å². The Bertz CT molecular complexity index is 273. The number of H-pyrrole nitrogens is 1. The fourth-order valence-electron chi connectivity index (χ4n) is 0.664. The lowest BCUT2D eigenvalue weighted by Gasteiger charge is -1.99. The number of nitrogens with zero attached hydrogens (tertiary/aromatic N) is 1. The van der Waals surface area contributed by atoms with E-state index >= 15 is 0 Å². The molecule has 0 bridgehead atoms. The highest BCUT2D eigenvalue weighted by Gasteiger charge is 1.90. The van der Waals surface area contributed by atoms with Gasteiger partial charge in [0.15, 0.2) is 0 Å². The summed E-state index contributed by atoms with van der Waals surface area (Å²) >= 11 is 0. The normalized spacial score (nSPS) is 9.55. The van der Waals surface area contributed by atoms with E-state index in [1.165, 1.54) is 12.3 Å². The molecule has 0 spiro atoms. The largest absolute Gasteiger partial charge is 0.381 e.